The Morgan fingerprint density at radius 2 is 1.85 bits per heavy atom. The van der Waals surface area contributed by atoms with Crippen molar-refractivity contribution in [2.45, 2.75) is 20.8 Å². The van der Waals surface area contributed by atoms with E-state index in [1.807, 2.05) is 19.8 Å². The highest BCUT2D eigenvalue weighted by molar-refractivity contribution is 6.31. The van der Waals surface area contributed by atoms with Gasteiger partial charge < -0.3 is 20.0 Å². The molecule has 178 valence electrons. The van der Waals surface area contributed by atoms with E-state index in [0.29, 0.717) is 33.4 Å². The molecule has 0 aliphatic heterocycles. The average molecular weight is 478 g/mol. The zero-order valence-electron chi connectivity index (χ0n) is 19.4. The fourth-order valence-corrected chi connectivity index (χ4v) is 2.59. The predicted molar refractivity (Wildman–Crippen MR) is 129 cm³/mol. The van der Waals surface area contributed by atoms with Gasteiger partial charge in [-0.2, -0.15) is 0 Å². The summed E-state index contributed by atoms with van der Waals surface area (Å²) in [5.74, 6) is -0.172. The molecule has 0 bridgehead atoms. The number of nitrogens with zero attached hydrogens (tertiary/aromatic N) is 2. The topological polar surface area (TPSA) is 101 Å². The zero-order valence-corrected chi connectivity index (χ0v) is 20.1. The van der Waals surface area contributed by atoms with Crippen LogP contribution in [-0.4, -0.2) is 48.4 Å². The Morgan fingerprint density at radius 1 is 1.21 bits per heavy atom. The van der Waals surface area contributed by atoms with E-state index in [1.54, 1.807) is 51.4 Å². The Morgan fingerprint density at radius 3 is 2.36 bits per heavy atom. The minimum atomic E-state index is -0.303. The molecular weight excluding hydrogens is 449 g/mol. The molecule has 33 heavy (non-hydrogen) atoms. The van der Waals surface area contributed by atoms with Crippen LogP contribution in [0.1, 0.15) is 34.2 Å². The number of benzene rings is 1. The lowest BCUT2D eigenvalue weighted by Crippen LogP contribution is -2.10. The van der Waals surface area contributed by atoms with Gasteiger partial charge in [-0.05, 0) is 56.7 Å². The summed E-state index contributed by atoms with van der Waals surface area (Å²) in [6, 6.07) is 10.0. The number of ketones is 1. The minimum absolute atomic E-state index is 0.165. The molecule has 9 heteroatoms. The van der Waals surface area contributed by atoms with Crippen molar-refractivity contribution in [3.63, 3.8) is 0 Å². The Balaban J connectivity index is 0.000000576. The average Bonchev–Trinajstić information content (AvgIpc) is 2.81. The van der Waals surface area contributed by atoms with E-state index in [4.69, 9.17) is 26.2 Å². The summed E-state index contributed by atoms with van der Waals surface area (Å²) < 4.78 is 17.5. The van der Waals surface area contributed by atoms with E-state index in [-0.39, 0.29) is 18.2 Å². The molecule has 0 spiro atoms. The van der Waals surface area contributed by atoms with Gasteiger partial charge in [-0.1, -0.05) is 17.7 Å². The molecule has 0 aliphatic rings. The molecule has 7 nitrogen and oxygen atoms in total. The van der Waals surface area contributed by atoms with E-state index in [9.17, 15) is 9.18 Å². The number of ether oxygens (including phenoxy) is 1. The molecule has 2 aromatic heterocycles. The van der Waals surface area contributed by atoms with Crippen LogP contribution < -0.4 is 10.1 Å². The van der Waals surface area contributed by atoms with Crippen molar-refractivity contribution in [2.24, 2.45) is 0 Å². The van der Waals surface area contributed by atoms with Gasteiger partial charge >= 0.3 is 0 Å². The molecule has 1 aromatic carbocycles. The van der Waals surface area contributed by atoms with Crippen molar-refractivity contribution >= 4 is 29.9 Å². The standard InChI is InChI=1S/C13H12ClN3O.C8H9FO.C2H6O.CH2O/c1-8-10(4-3-5-16-8)13(18)12-11(15-2)6-9(14)7-17-12;1-6-3-4-8(10-2)7(9)5-6;1-2-3;1-2/h3-7,15H,1-2H3;3-5H,1-2H3;3H,2H2,1H3;1H2. The third-order valence-corrected chi connectivity index (χ3v) is 4.10. The fraction of sp³-hybridized carbons (Fsp3) is 0.250. The van der Waals surface area contributed by atoms with E-state index >= 15 is 0 Å². The van der Waals surface area contributed by atoms with Crippen molar-refractivity contribution in [3.05, 3.63) is 82.1 Å². The zero-order chi connectivity index (χ0) is 25.4. The van der Waals surface area contributed by atoms with Crippen molar-refractivity contribution in [1.82, 2.24) is 9.97 Å². The van der Waals surface area contributed by atoms with Crippen molar-refractivity contribution in [1.29, 1.82) is 0 Å². The van der Waals surface area contributed by atoms with Crippen molar-refractivity contribution in [2.75, 3.05) is 26.1 Å². The van der Waals surface area contributed by atoms with Crippen LogP contribution in [0.15, 0.2) is 48.8 Å². The number of aliphatic hydroxyl groups is 1. The van der Waals surface area contributed by atoms with Gasteiger partial charge in [0.25, 0.3) is 0 Å². The molecule has 0 aliphatic carbocycles. The third-order valence-electron chi connectivity index (χ3n) is 3.90. The second-order valence-electron chi connectivity index (χ2n) is 6.22. The maximum absolute atomic E-state index is 12.7. The number of nitrogens with one attached hydrogen (secondary N) is 1. The van der Waals surface area contributed by atoms with Gasteiger partial charge in [-0.3, -0.25) is 9.78 Å². The van der Waals surface area contributed by atoms with Gasteiger partial charge in [0.15, 0.2) is 11.6 Å². The van der Waals surface area contributed by atoms with Crippen LogP contribution in [0.5, 0.6) is 5.75 Å². The maximum Gasteiger partial charge on any atom is 0.215 e. The van der Waals surface area contributed by atoms with E-state index in [1.165, 1.54) is 19.4 Å². The second kappa shape index (κ2) is 16.3. The number of anilines is 1. The lowest BCUT2D eigenvalue weighted by molar-refractivity contribution is -0.0980. The Labute approximate surface area is 198 Å². The van der Waals surface area contributed by atoms with E-state index in [2.05, 4.69) is 15.3 Å². The number of carbonyl (C=O) groups is 2. The molecule has 0 fully saturated rings. The molecule has 2 N–H and O–H groups in total. The largest absolute Gasteiger partial charge is 0.494 e. The van der Waals surface area contributed by atoms with Crippen LogP contribution in [0.25, 0.3) is 0 Å². The Bertz CT molecular complexity index is 1020. The number of methoxy groups -OCH3 is 1. The minimum Gasteiger partial charge on any atom is -0.494 e. The normalized spacial score (nSPS) is 9.09. The molecule has 3 aromatic rings. The smallest absolute Gasteiger partial charge is 0.215 e. The summed E-state index contributed by atoms with van der Waals surface area (Å²) >= 11 is 5.85. The SMILES string of the molecule is C=O.CCO.CNc1cc(Cl)cnc1C(=O)c1cccnc1C.COc1ccc(C)cc1F. The first-order valence-electron chi connectivity index (χ1n) is 9.78. The molecule has 0 saturated carbocycles. The maximum atomic E-state index is 12.7. The van der Waals surface area contributed by atoms with Crippen LogP contribution >= 0.6 is 11.6 Å². The number of rotatable bonds is 4. The third kappa shape index (κ3) is 9.76. The number of hydrogen-bond donors (Lipinski definition) is 2. The first-order chi connectivity index (χ1) is 15.8. The van der Waals surface area contributed by atoms with Gasteiger partial charge in [0.05, 0.1) is 17.8 Å². The number of aromatic nitrogens is 2. The van der Waals surface area contributed by atoms with Gasteiger partial charge in [-0.15, -0.1) is 0 Å². The summed E-state index contributed by atoms with van der Waals surface area (Å²) in [5.41, 5.74) is 3.08. The molecule has 3 rings (SSSR count). The van der Waals surface area contributed by atoms with Crippen molar-refractivity contribution < 1.29 is 23.8 Å². The summed E-state index contributed by atoms with van der Waals surface area (Å²) in [6.07, 6.45) is 3.11. The Hall–Kier alpha value is -3.36. The number of aryl methyl sites for hydroxylation is 2. The first-order valence-corrected chi connectivity index (χ1v) is 10.2. The highest BCUT2D eigenvalue weighted by atomic mass is 35.5. The molecule has 0 atom stereocenters. The van der Waals surface area contributed by atoms with E-state index in [0.717, 1.165) is 5.56 Å². The molecule has 0 radical (unpaired) electrons. The number of aliphatic hydroxyl groups excluding tert-OH is 1. The number of halogens is 2. The highest BCUT2D eigenvalue weighted by Gasteiger charge is 2.17. The van der Waals surface area contributed by atoms with Gasteiger partial charge in [0, 0.05) is 37.3 Å². The second-order valence-corrected chi connectivity index (χ2v) is 6.66. The van der Waals surface area contributed by atoms with Crippen LogP contribution in [0.4, 0.5) is 10.1 Å². The number of pyridine rings is 2. The lowest BCUT2D eigenvalue weighted by atomic mass is 10.1. The number of carbonyl (C=O) groups excluding carboxylic acids is 2. The van der Waals surface area contributed by atoms with E-state index < -0.39 is 0 Å². The van der Waals surface area contributed by atoms with Crippen LogP contribution in [0, 0.1) is 19.7 Å². The van der Waals surface area contributed by atoms with Gasteiger partial charge in [0.2, 0.25) is 5.78 Å². The molecule has 0 amide bonds. The summed E-state index contributed by atoms with van der Waals surface area (Å²) in [4.78, 5) is 28.6. The van der Waals surface area contributed by atoms with Crippen LogP contribution in [-0.2, 0) is 4.79 Å². The fourth-order valence-electron chi connectivity index (χ4n) is 2.43. The molecule has 0 saturated heterocycles. The summed E-state index contributed by atoms with van der Waals surface area (Å²) in [6.45, 7) is 7.56. The van der Waals surface area contributed by atoms with Crippen LogP contribution in [0.2, 0.25) is 5.02 Å². The molecule has 0 unspecified atom stereocenters. The van der Waals surface area contributed by atoms with Crippen LogP contribution in [0.3, 0.4) is 0 Å². The monoisotopic (exact) mass is 477 g/mol. The summed E-state index contributed by atoms with van der Waals surface area (Å²) in [5, 5.41) is 11.0. The first kappa shape index (κ1) is 29.6. The predicted octanol–water partition coefficient (Wildman–Crippen LogP) is 4.67. The highest BCUT2D eigenvalue weighted by Crippen LogP contribution is 2.21. The van der Waals surface area contributed by atoms with Gasteiger partial charge in [-0.25, -0.2) is 9.37 Å². The van der Waals surface area contributed by atoms with Crippen molar-refractivity contribution in [3.8, 4) is 5.75 Å². The quantitative estimate of drug-likeness (QED) is 0.526. The molecule has 2 heterocycles. The van der Waals surface area contributed by atoms with Gasteiger partial charge in [0.1, 0.15) is 12.5 Å². The summed E-state index contributed by atoms with van der Waals surface area (Å²) in [7, 11) is 3.17. The Kier molecular flexibility index (Phi) is 14.6. The lowest BCUT2D eigenvalue weighted by Gasteiger charge is -2.08. The molecular formula is C24H29ClFN3O4. The number of hydrogen-bond acceptors (Lipinski definition) is 7.